The van der Waals surface area contributed by atoms with Crippen molar-refractivity contribution in [2.24, 2.45) is 5.73 Å². The summed E-state index contributed by atoms with van der Waals surface area (Å²) < 4.78 is 29.1. The molecule has 0 aliphatic heterocycles. The molecular formula is C14H11Br2F2N. The van der Waals surface area contributed by atoms with Crippen molar-refractivity contribution < 1.29 is 8.78 Å². The third-order valence-corrected chi connectivity index (χ3v) is 3.80. The first-order valence-corrected chi connectivity index (χ1v) is 7.15. The molecule has 0 bridgehead atoms. The van der Waals surface area contributed by atoms with E-state index >= 15 is 0 Å². The molecule has 5 heteroatoms. The molecule has 0 aliphatic carbocycles. The van der Waals surface area contributed by atoms with E-state index < -0.39 is 17.7 Å². The van der Waals surface area contributed by atoms with Gasteiger partial charge in [-0.05, 0) is 36.2 Å². The highest BCUT2D eigenvalue weighted by Crippen LogP contribution is 2.29. The summed E-state index contributed by atoms with van der Waals surface area (Å²) in [6.07, 6.45) is 0. The molecular weight excluding hydrogens is 380 g/mol. The molecule has 0 radical (unpaired) electrons. The Bertz CT molecular complexity index is 609. The van der Waals surface area contributed by atoms with Gasteiger partial charge in [-0.2, -0.15) is 0 Å². The van der Waals surface area contributed by atoms with Crippen LogP contribution in [0.4, 0.5) is 8.78 Å². The number of halogens is 4. The minimum absolute atomic E-state index is 0.146. The molecule has 2 aromatic carbocycles. The quantitative estimate of drug-likeness (QED) is 0.779. The van der Waals surface area contributed by atoms with E-state index in [1.165, 1.54) is 19.1 Å². The number of rotatable bonds is 2. The second-order valence-corrected chi connectivity index (χ2v) is 6.11. The maximum absolute atomic E-state index is 13.9. The minimum atomic E-state index is -0.886. The van der Waals surface area contributed by atoms with Crippen LogP contribution in [0, 0.1) is 18.6 Å². The van der Waals surface area contributed by atoms with Crippen molar-refractivity contribution in [2.75, 3.05) is 0 Å². The first-order chi connectivity index (χ1) is 8.90. The molecule has 2 aromatic rings. The Labute approximate surface area is 127 Å². The highest BCUT2D eigenvalue weighted by molar-refractivity contribution is 9.11. The fourth-order valence-electron chi connectivity index (χ4n) is 1.84. The Morgan fingerprint density at radius 1 is 1.00 bits per heavy atom. The van der Waals surface area contributed by atoms with Crippen LogP contribution in [0.1, 0.15) is 22.7 Å². The average molecular weight is 391 g/mol. The summed E-state index contributed by atoms with van der Waals surface area (Å²) in [4.78, 5) is 0. The van der Waals surface area contributed by atoms with Gasteiger partial charge in [0.05, 0.1) is 6.04 Å². The van der Waals surface area contributed by atoms with E-state index in [1.807, 2.05) is 6.07 Å². The lowest BCUT2D eigenvalue weighted by Gasteiger charge is -2.15. The van der Waals surface area contributed by atoms with E-state index in [2.05, 4.69) is 31.9 Å². The summed E-state index contributed by atoms with van der Waals surface area (Å²) in [7, 11) is 0. The lowest BCUT2D eigenvalue weighted by Crippen LogP contribution is -2.15. The standard InChI is InChI=1S/C14H11Br2F2N/c1-7-2-3-11(13(18)12(7)17)14(19)8-4-9(15)6-10(16)5-8/h2-6,14H,19H2,1H3. The van der Waals surface area contributed by atoms with Gasteiger partial charge in [0.1, 0.15) is 0 Å². The summed E-state index contributed by atoms with van der Waals surface area (Å²) in [6.45, 7) is 1.52. The number of hydrogen-bond donors (Lipinski definition) is 1. The number of nitrogens with two attached hydrogens (primary N) is 1. The van der Waals surface area contributed by atoms with Gasteiger partial charge in [0.15, 0.2) is 11.6 Å². The predicted octanol–water partition coefficient (Wildman–Crippen LogP) is 4.85. The van der Waals surface area contributed by atoms with Gasteiger partial charge in [0.25, 0.3) is 0 Å². The van der Waals surface area contributed by atoms with Gasteiger partial charge in [-0.3, -0.25) is 0 Å². The van der Waals surface area contributed by atoms with E-state index in [9.17, 15) is 8.78 Å². The van der Waals surface area contributed by atoms with Crippen molar-refractivity contribution in [1.82, 2.24) is 0 Å². The third-order valence-electron chi connectivity index (χ3n) is 2.88. The van der Waals surface area contributed by atoms with E-state index in [0.29, 0.717) is 5.56 Å². The molecule has 2 N–H and O–H groups in total. The molecule has 0 saturated carbocycles. The molecule has 0 aromatic heterocycles. The molecule has 1 atom stereocenters. The topological polar surface area (TPSA) is 26.0 Å². The van der Waals surface area contributed by atoms with E-state index in [-0.39, 0.29) is 11.1 Å². The Morgan fingerprint density at radius 3 is 2.16 bits per heavy atom. The highest BCUT2D eigenvalue weighted by Gasteiger charge is 2.18. The average Bonchev–Trinajstić information content (AvgIpc) is 2.34. The zero-order valence-electron chi connectivity index (χ0n) is 10.1. The number of hydrogen-bond acceptors (Lipinski definition) is 1. The maximum atomic E-state index is 13.9. The van der Waals surface area contributed by atoms with Crippen LogP contribution < -0.4 is 5.73 Å². The molecule has 0 saturated heterocycles. The van der Waals surface area contributed by atoms with E-state index in [1.54, 1.807) is 12.1 Å². The summed E-state index contributed by atoms with van der Waals surface area (Å²) in [6, 6.07) is 7.75. The van der Waals surface area contributed by atoms with Crippen LogP contribution in [0.15, 0.2) is 39.3 Å². The summed E-state index contributed by atoms with van der Waals surface area (Å²) in [5.74, 6) is -1.73. The van der Waals surface area contributed by atoms with Crippen molar-refractivity contribution in [2.45, 2.75) is 13.0 Å². The molecule has 1 nitrogen and oxygen atoms in total. The van der Waals surface area contributed by atoms with E-state index in [4.69, 9.17) is 5.73 Å². The lowest BCUT2D eigenvalue weighted by atomic mass is 9.98. The second kappa shape index (κ2) is 5.69. The zero-order valence-corrected chi connectivity index (χ0v) is 13.2. The number of benzene rings is 2. The molecule has 0 amide bonds. The van der Waals surface area contributed by atoms with Crippen molar-refractivity contribution in [1.29, 1.82) is 0 Å². The largest absolute Gasteiger partial charge is 0.320 e. The van der Waals surface area contributed by atoms with Gasteiger partial charge >= 0.3 is 0 Å². The minimum Gasteiger partial charge on any atom is -0.320 e. The predicted molar refractivity (Wildman–Crippen MR) is 79.0 cm³/mol. The summed E-state index contributed by atoms with van der Waals surface area (Å²) >= 11 is 6.69. The smallest absolute Gasteiger partial charge is 0.164 e. The monoisotopic (exact) mass is 389 g/mol. The zero-order chi connectivity index (χ0) is 14.2. The SMILES string of the molecule is Cc1ccc(C(N)c2cc(Br)cc(Br)c2)c(F)c1F. The van der Waals surface area contributed by atoms with Crippen LogP contribution in [0.2, 0.25) is 0 Å². The van der Waals surface area contributed by atoms with Gasteiger partial charge in [-0.25, -0.2) is 8.78 Å². The van der Waals surface area contributed by atoms with Crippen molar-refractivity contribution >= 4 is 31.9 Å². The van der Waals surface area contributed by atoms with Gasteiger partial charge in [0, 0.05) is 14.5 Å². The van der Waals surface area contributed by atoms with E-state index in [0.717, 1.165) is 8.95 Å². The summed E-state index contributed by atoms with van der Waals surface area (Å²) in [5, 5.41) is 0. The molecule has 0 heterocycles. The van der Waals surface area contributed by atoms with Gasteiger partial charge in [-0.1, -0.05) is 44.0 Å². The maximum Gasteiger partial charge on any atom is 0.164 e. The van der Waals surface area contributed by atoms with Crippen LogP contribution in [0.25, 0.3) is 0 Å². The van der Waals surface area contributed by atoms with Crippen LogP contribution in [-0.4, -0.2) is 0 Å². The van der Waals surface area contributed by atoms with Gasteiger partial charge < -0.3 is 5.73 Å². The fraction of sp³-hybridized carbons (Fsp3) is 0.143. The summed E-state index contributed by atoms with van der Waals surface area (Å²) in [5.41, 5.74) is 7.14. The Kier molecular flexibility index (Phi) is 4.38. The van der Waals surface area contributed by atoms with Crippen molar-refractivity contribution in [3.63, 3.8) is 0 Å². The molecule has 2 rings (SSSR count). The molecule has 100 valence electrons. The Hall–Kier alpha value is -0.780. The molecule has 19 heavy (non-hydrogen) atoms. The van der Waals surface area contributed by atoms with Crippen molar-refractivity contribution in [3.05, 3.63) is 67.6 Å². The van der Waals surface area contributed by atoms with Gasteiger partial charge in [0.2, 0.25) is 0 Å². The molecule has 1 unspecified atom stereocenters. The molecule has 0 fully saturated rings. The van der Waals surface area contributed by atoms with Crippen LogP contribution >= 0.6 is 31.9 Å². The van der Waals surface area contributed by atoms with Crippen molar-refractivity contribution in [3.8, 4) is 0 Å². The van der Waals surface area contributed by atoms with Gasteiger partial charge in [-0.15, -0.1) is 0 Å². The fourth-order valence-corrected chi connectivity index (χ4v) is 3.16. The highest BCUT2D eigenvalue weighted by atomic mass is 79.9. The normalized spacial score (nSPS) is 12.5. The third kappa shape index (κ3) is 3.04. The Balaban J connectivity index is 2.50. The van der Waals surface area contributed by atoms with Crippen LogP contribution in [0.3, 0.4) is 0 Å². The van der Waals surface area contributed by atoms with Crippen LogP contribution in [-0.2, 0) is 0 Å². The Morgan fingerprint density at radius 2 is 1.58 bits per heavy atom. The lowest BCUT2D eigenvalue weighted by molar-refractivity contribution is 0.489. The van der Waals surface area contributed by atoms with Crippen LogP contribution in [0.5, 0.6) is 0 Å². The number of aryl methyl sites for hydroxylation is 1. The second-order valence-electron chi connectivity index (χ2n) is 4.28. The first-order valence-electron chi connectivity index (χ1n) is 5.56. The molecule has 0 aliphatic rings. The molecule has 0 spiro atoms. The first kappa shape index (κ1) is 14.6.